The first-order valence-corrected chi connectivity index (χ1v) is 12.6. The van der Waals surface area contributed by atoms with Crippen molar-refractivity contribution in [2.24, 2.45) is 0 Å². The summed E-state index contributed by atoms with van der Waals surface area (Å²) in [7, 11) is 1.52. The maximum atomic E-state index is 13.6. The number of carbonyl (C=O) groups excluding carboxylic acids is 2. The fraction of sp³-hybridized carbons (Fsp3) is 0.379. The average molecular weight is 470 g/mol. The first-order valence-electron chi connectivity index (χ1n) is 12.6. The van der Waals surface area contributed by atoms with Gasteiger partial charge in [0.05, 0.1) is 12.1 Å². The smallest absolute Gasteiger partial charge is 0.264 e. The zero-order valence-electron chi connectivity index (χ0n) is 20.2. The molecule has 0 bridgehead atoms. The summed E-state index contributed by atoms with van der Waals surface area (Å²) in [5.41, 5.74) is 2.28. The van der Waals surface area contributed by atoms with Gasteiger partial charge in [-0.25, -0.2) is 0 Å². The minimum Gasteiger partial charge on any atom is -0.375 e. The van der Waals surface area contributed by atoms with Crippen LogP contribution in [-0.4, -0.2) is 48.0 Å². The van der Waals surface area contributed by atoms with Gasteiger partial charge in [-0.2, -0.15) is 0 Å². The van der Waals surface area contributed by atoms with Crippen LogP contribution in [0.5, 0.6) is 0 Å². The van der Waals surface area contributed by atoms with Crippen LogP contribution in [0.3, 0.4) is 0 Å². The van der Waals surface area contributed by atoms with Gasteiger partial charge in [0.25, 0.3) is 5.91 Å². The number of amides is 2. The number of benzene rings is 3. The molecule has 0 saturated carbocycles. The van der Waals surface area contributed by atoms with Crippen LogP contribution in [-0.2, 0) is 15.2 Å². The van der Waals surface area contributed by atoms with E-state index in [-0.39, 0.29) is 24.3 Å². The van der Waals surface area contributed by atoms with Gasteiger partial charge in [0, 0.05) is 43.7 Å². The molecule has 3 aliphatic rings. The summed E-state index contributed by atoms with van der Waals surface area (Å²) in [5.74, 6) is -0.317. The zero-order chi connectivity index (χ0) is 24.3. The molecule has 180 valence electrons. The first kappa shape index (κ1) is 22.3. The lowest BCUT2D eigenvalue weighted by atomic mass is 9.91. The Morgan fingerprint density at radius 1 is 1.03 bits per heavy atom. The van der Waals surface area contributed by atoms with Crippen LogP contribution in [0.25, 0.3) is 10.8 Å². The number of piperidine rings is 1. The van der Waals surface area contributed by atoms with Crippen molar-refractivity contribution in [2.45, 2.75) is 49.8 Å². The number of anilines is 1. The zero-order valence-corrected chi connectivity index (χ0v) is 20.2. The van der Waals surface area contributed by atoms with E-state index in [1.165, 1.54) is 28.9 Å². The Morgan fingerprint density at radius 3 is 2.43 bits per heavy atom. The Hall–Kier alpha value is -3.22. The lowest BCUT2D eigenvalue weighted by molar-refractivity contribution is -0.143. The molecule has 3 aromatic rings. The second-order valence-electron chi connectivity index (χ2n) is 10.2. The van der Waals surface area contributed by atoms with Crippen LogP contribution < -0.4 is 10.2 Å². The van der Waals surface area contributed by atoms with Crippen molar-refractivity contribution in [1.29, 1.82) is 0 Å². The minimum atomic E-state index is -1.81. The van der Waals surface area contributed by atoms with E-state index in [9.17, 15) is 14.7 Å². The molecule has 0 spiro atoms. The fourth-order valence-electron chi connectivity index (χ4n) is 6.71. The van der Waals surface area contributed by atoms with Gasteiger partial charge in [0.2, 0.25) is 5.91 Å². The fourth-order valence-corrected chi connectivity index (χ4v) is 6.71. The van der Waals surface area contributed by atoms with Crippen molar-refractivity contribution in [1.82, 2.24) is 10.2 Å². The van der Waals surface area contributed by atoms with Gasteiger partial charge in [-0.1, -0.05) is 61.5 Å². The Labute approximate surface area is 205 Å². The SMILES string of the molecule is CNC(=O)CC1(O)C(=O)N(C2CCN(C3c4cccc5cccc(c45)[C@H]3C)CC2)c2ccccc21. The highest BCUT2D eigenvalue weighted by Gasteiger charge is 2.53. The van der Waals surface area contributed by atoms with Gasteiger partial charge in [-0.3, -0.25) is 14.5 Å². The minimum absolute atomic E-state index is 0.00603. The molecule has 2 aliphatic heterocycles. The van der Waals surface area contributed by atoms with Gasteiger partial charge in [-0.05, 0) is 40.8 Å². The van der Waals surface area contributed by atoms with Crippen molar-refractivity contribution in [3.05, 3.63) is 77.4 Å². The van der Waals surface area contributed by atoms with E-state index in [1.807, 2.05) is 18.2 Å². The van der Waals surface area contributed by atoms with Crippen LogP contribution in [0.1, 0.15) is 54.8 Å². The van der Waals surface area contributed by atoms with E-state index >= 15 is 0 Å². The number of nitrogens with zero attached hydrogens (tertiary/aromatic N) is 2. The molecular weight excluding hydrogens is 438 g/mol. The van der Waals surface area contributed by atoms with Crippen LogP contribution in [0.2, 0.25) is 0 Å². The third kappa shape index (κ3) is 3.23. The molecule has 0 radical (unpaired) electrons. The summed E-state index contributed by atoms with van der Waals surface area (Å²) in [5, 5.41) is 16.6. The average Bonchev–Trinajstić information content (AvgIpc) is 3.29. The molecule has 6 nitrogen and oxygen atoms in total. The Balaban J connectivity index is 1.25. The molecule has 1 saturated heterocycles. The number of rotatable bonds is 4. The van der Waals surface area contributed by atoms with Crippen molar-refractivity contribution in [3.63, 3.8) is 0 Å². The molecule has 6 rings (SSSR count). The molecule has 3 aromatic carbocycles. The van der Waals surface area contributed by atoms with E-state index in [0.717, 1.165) is 31.6 Å². The third-order valence-corrected chi connectivity index (χ3v) is 8.39. The summed E-state index contributed by atoms with van der Waals surface area (Å²) >= 11 is 0. The summed E-state index contributed by atoms with van der Waals surface area (Å²) < 4.78 is 0. The summed E-state index contributed by atoms with van der Waals surface area (Å²) in [6.07, 6.45) is 1.38. The Bertz CT molecular complexity index is 1320. The lowest BCUT2D eigenvalue weighted by Gasteiger charge is -2.41. The summed E-state index contributed by atoms with van der Waals surface area (Å²) in [6, 6.07) is 20.9. The standard InChI is InChI=1S/C29H31N3O3/c1-18-21-9-5-7-19-8-6-10-22(26(19)21)27(18)31-15-13-20(14-16-31)32-24-12-4-3-11-23(24)29(35,28(32)34)17-25(33)30-2/h3-12,18,20,27,35H,13-17H2,1-2H3,(H,30,33)/t18-,27?,29?/m1/s1. The van der Waals surface area contributed by atoms with Gasteiger partial charge >= 0.3 is 0 Å². The quantitative estimate of drug-likeness (QED) is 0.609. The van der Waals surface area contributed by atoms with Crippen molar-refractivity contribution < 1.29 is 14.7 Å². The third-order valence-electron chi connectivity index (χ3n) is 8.39. The summed E-state index contributed by atoms with van der Waals surface area (Å²) in [4.78, 5) is 30.1. The topological polar surface area (TPSA) is 72.9 Å². The molecule has 2 amide bonds. The number of likely N-dealkylation sites (tertiary alicyclic amines) is 1. The van der Waals surface area contributed by atoms with Gasteiger partial charge in [0.15, 0.2) is 5.60 Å². The molecule has 35 heavy (non-hydrogen) atoms. The molecule has 2 heterocycles. The molecule has 3 atom stereocenters. The predicted molar refractivity (Wildman–Crippen MR) is 136 cm³/mol. The maximum absolute atomic E-state index is 13.6. The number of hydrogen-bond donors (Lipinski definition) is 2. The molecule has 0 aromatic heterocycles. The van der Waals surface area contributed by atoms with Gasteiger partial charge in [0.1, 0.15) is 0 Å². The van der Waals surface area contributed by atoms with Crippen molar-refractivity contribution in [3.8, 4) is 0 Å². The van der Waals surface area contributed by atoms with Crippen LogP contribution in [0.4, 0.5) is 5.69 Å². The lowest BCUT2D eigenvalue weighted by Crippen LogP contribution is -2.51. The van der Waals surface area contributed by atoms with Crippen LogP contribution in [0.15, 0.2) is 60.7 Å². The highest BCUT2D eigenvalue weighted by atomic mass is 16.3. The largest absolute Gasteiger partial charge is 0.375 e. The molecule has 2 unspecified atom stereocenters. The van der Waals surface area contributed by atoms with Gasteiger partial charge in [-0.15, -0.1) is 0 Å². The maximum Gasteiger partial charge on any atom is 0.264 e. The highest BCUT2D eigenvalue weighted by Crippen LogP contribution is 2.50. The van der Waals surface area contributed by atoms with E-state index in [4.69, 9.17) is 0 Å². The van der Waals surface area contributed by atoms with E-state index < -0.39 is 5.60 Å². The number of aliphatic hydroxyl groups is 1. The molecule has 2 N–H and O–H groups in total. The number of carbonyl (C=O) groups is 2. The predicted octanol–water partition coefficient (Wildman–Crippen LogP) is 3.83. The highest BCUT2D eigenvalue weighted by molar-refractivity contribution is 6.09. The van der Waals surface area contributed by atoms with Crippen molar-refractivity contribution in [2.75, 3.05) is 25.0 Å². The number of nitrogens with one attached hydrogen (secondary N) is 1. The molecular formula is C29H31N3O3. The number of para-hydroxylation sites is 1. The number of fused-ring (bicyclic) bond motifs is 1. The Morgan fingerprint density at radius 2 is 1.71 bits per heavy atom. The van der Waals surface area contributed by atoms with Crippen LogP contribution in [0, 0.1) is 0 Å². The second-order valence-corrected chi connectivity index (χ2v) is 10.2. The van der Waals surface area contributed by atoms with E-state index in [2.05, 4.69) is 53.5 Å². The normalized spacial score (nSPS) is 26.4. The Kier molecular flexibility index (Phi) is 5.20. The second kappa shape index (κ2) is 8.18. The molecule has 6 heteroatoms. The van der Waals surface area contributed by atoms with E-state index in [0.29, 0.717) is 17.5 Å². The van der Waals surface area contributed by atoms with Crippen molar-refractivity contribution >= 4 is 28.3 Å². The number of hydrogen-bond acceptors (Lipinski definition) is 4. The van der Waals surface area contributed by atoms with Gasteiger partial charge < -0.3 is 15.3 Å². The summed E-state index contributed by atoms with van der Waals surface area (Å²) in [6.45, 7) is 4.08. The first-order chi connectivity index (χ1) is 16.9. The molecule has 1 fully saturated rings. The molecule has 1 aliphatic carbocycles. The van der Waals surface area contributed by atoms with Crippen LogP contribution >= 0.6 is 0 Å². The monoisotopic (exact) mass is 469 g/mol. The van der Waals surface area contributed by atoms with E-state index in [1.54, 1.807) is 11.0 Å².